The minimum Gasteiger partial charge on any atom is -0.489 e. The number of nitriles is 1. The SMILES string of the molecule is CC(C)(C)OC(=O)N1CCC(Oc2ccc(-c3ncnc4c3N=C(c3ccc(N5CCOCC5)c(F)c3)C4)cc2C#N)CC1. The van der Waals surface area contributed by atoms with Crippen LogP contribution in [0.25, 0.3) is 11.3 Å². The third-order valence-electron chi connectivity index (χ3n) is 7.87. The van der Waals surface area contributed by atoms with Gasteiger partial charge in [0.25, 0.3) is 0 Å². The number of hydrogen-bond acceptors (Lipinski definition) is 9. The zero-order valence-corrected chi connectivity index (χ0v) is 25.2. The molecule has 10 nitrogen and oxygen atoms in total. The number of hydrogen-bond donors (Lipinski definition) is 0. The zero-order valence-electron chi connectivity index (χ0n) is 25.2. The fourth-order valence-electron chi connectivity index (χ4n) is 5.65. The minimum absolute atomic E-state index is 0.128. The van der Waals surface area contributed by atoms with Gasteiger partial charge >= 0.3 is 6.09 Å². The number of benzene rings is 2. The Balaban J connectivity index is 1.17. The van der Waals surface area contributed by atoms with Crippen molar-refractivity contribution < 1.29 is 23.4 Å². The van der Waals surface area contributed by atoms with E-state index in [-0.39, 0.29) is 18.0 Å². The smallest absolute Gasteiger partial charge is 0.410 e. The van der Waals surface area contributed by atoms with Gasteiger partial charge in [-0.3, -0.25) is 0 Å². The number of carbonyl (C=O) groups excluding carboxylic acids is 1. The van der Waals surface area contributed by atoms with Gasteiger partial charge in [0.2, 0.25) is 0 Å². The molecule has 3 aliphatic rings. The Morgan fingerprint density at radius 2 is 1.80 bits per heavy atom. The van der Waals surface area contributed by atoms with Gasteiger partial charge in [-0.15, -0.1) is 0 Å². The molecule has 2 aromatic carbocycles. The van der Waals surface area contributed by atoms with Crippen LogP contribution in [0.4, 0.5) is 20.6 Å². The van der Waals surface area contributed by atoms with Crippen molar-refractivity contribution in [2.45, 2.75) is 51.7 Å². The number of halogens is 1. The summed E-state index contributed by atoms with van der Waals surface area (Å²) in [5, 5.41) is 9.96. The van der Waals surface area contributed by atoms with Gasteiger partial charge in [0.15, 0.2) is 0 Å². The molecular weight excluding hydrogens is 563 g/mol. The topological polar surface area (TPSA) is 113 Å². The maximum atomic E-state index is 15.1. The van der Waals surface area contributed by atoms with Gasteiger partial charge in [0, 0.05) is 51.0 Å². The number of morpholine rings is 1. The van der Waals surface area contributed by atoms with Crippen LogP contribution in [0.5, 0.6) is 5.75 Å². The molecule has 1 aromatic heterocycles. The Hall–Kier alpha value is -4.56. The number of carbonyl (C=O) groups is 1. The molecule has 0 unspecified atom stereocenters. The predicted octanol–water partition coefficient (Wildman–Crippen LogP) is 5.45. The Bertz CT molecular complexity index is 1630. The van der Waals surface area contributed by atoms with Crippen molar-refractivity contribution >= 4 is 23.2 Å². The van der Waals surface area contributed by atoms with Crippen LogP contribution in [-0.2, 0) is 15.9 Å². The molecular formula is C33H35FN6O4. The number of piperidine rings is 1. The molecule has 0 radical (unpaired) electrons. The van der Waals surface area contributed by atoms with Gasteiger partial charge in [-0.05, 0) is 56.7 Å². The van der Waals surface area contributed by atoms with E-state index in [0.29, 0.717) is 104 Å². The molecule has 1 amide bonds. The highest BCUT2D eigenvalue weighted by Gasteiger charge is 2.29. The summed E-state index contributed by atoms with van der Waals surface area (Å²) in [5.41, 5.74) is 4.49. The summed E-state index contributed by atoms with van der Waals surface area (Å²) in [7, 11) is 0. The molecule has 0 aliphatic carbocycles. The third kappa shape index (κ3) is 6.36. The van der Waals surface area contributed by atoms with Crippen LogP contribution in [0, 0.1) is 17.1 Å². The summed E-state index contributed by atoms with van der Waals surface area (Å²) >= 11 is 0. The Kier molecular flexibility index (Phi) is 8.19. The lowest BCUT2D eigenvalue weighted by Gasteiger charge is -2.33. The third-order valence-corrected chi connectivity index (χ3v) is 7.87. The Labute approximate surface area is 256 Å². The van der Waals surface area contributed by atoms with E-state index in [4.69, 9.17) is 19.2 Å². The summed E-state index contributed by atoms with van der Waals surface area (Å²) in [6.07, 6.45) is 2.76. The summed E-state index contributed by atoms with van der Waals surface area (Å²) in [6, 6.07) is 12.9. The van der Waals surface area contributed by atoms with E-state index in [1.54, 1.807) is 23.1 Å². The Morgan fingerprint density at radius 3 is 2.50 bits per heavy atom. The second-order valence-electron chi connectivity index (χ2n) is 12.1. The van der Waals surface area contributed by atoms with Crippen LogP contribution < -0.4 is 9.64 Å². The first-order valence-electron chi connectivity index (χ1n) is 14.9. The Morgan fingerprint density at radius 1 is 1.05 bits per heavy atom. The van der Waals surface area contributed by atoms with E-state index in [1.165, 1.54) is 12.4 Å². The minimum atomic E-state index is -0.544. The molecule has 0 bridgehead atoms. The normalized spacial score (nSPS) is 17.1. The molecule has 2 fully saturated rings. The largest absolute Gasteiger partial charge is 0.489 e. The number of nitrogens with zero attached hydrogens (tertiary/aromatic N) is 6. The van der Waals surface area contributed by atoms with Crippen molar-refractivity contribution in [1.29, 1.82) is 5.26 Å². The van der Waals surface area contributed by atoms with Crippen LogP contribution in [0.3, 0.4) is 0 Å². The summed E-state index contributed by atoms with van der Waals surface area (Å²) < 4.78 is 32.2. The van der Waals surface area contributed by atoms with Gasteiger partial charge in [-0.2, -0.15) is 5.26 Å². The molecule has 3 aliphatic heterocycles. The number of anilines is 1. The molecule has 11 heteroatoms. The van der Waals surface area contributed by atoms with Crippen molar-refractivity contribution in [3.63, 3.8) is 0 Å². The van der Waals surface area contributed by atoms with Crippen LogP contribution in [0.1, 0.15) is 50.4 Å². The van der Waals surface area contributed by atoms with E-state index in [1.807, 2.05) is 37.8 Å². The molecule has 228 valence electrons. The van der Waals surface area contributed by atoms with Crippen molar-refractivity contribution in [2.24, 2.45) is 4.99 Å². The number of likely N-dealkylation sites (tertiary alicyclic amines) is 1. The van der Waals surface area contributed by atoms with Crippen LogP contribution >= 0.6 is 0 Å². The second kappa shape index (κ2) is 12.2. The number of rotatable bonds is 5. The van der Waals surface area contributed by atoms with Gasteiger partial charge < -0.3 is 24.0 Å². The zero-order chi connectivity index (χ0) is 30.8. The average Bonchev–Trinajstić information content (AvgIpc) is 3.46. The van der Waals surface area contributed by atoms with E-state index < -0.39 is 5.60 Å². The standard InChI is InChI=1S/C33H35FN6O4/c1-33(2,3)44-32(41)40-10-8-24(9-11-40)43-29-7-5-22(16-23(29)19-35)30-31-27(36-20-37-30)18-26(38-31)21-4-6-28(25(34)17-21)39-12-14-42-15-13-39/h4-7,16-17,20,24H,8-15,18H2,1-3H3. The van der Waals surface area contributed by atoms with Crippen molar-refractivity contribution in [2.75, 3.05) is 44.3 Å². The second-order valence-corrected chi connectivity index (χ2v) is 12.1. The predicted molar refractivity (Wildman–Crippen MR) is 163 cm³/mol. The summed E-state index contributed by atoms with van der Waals surface area (Å²) in [4.78, 5) is 29.9. The lowest BCUT2D eigenvalue weighted by atomic mass is 10.0. The first-order chi connectivity index (χ1) is 21.2. The van der Waals surface area contributed by atoms with Crippen LogP contribution in [-0.4, -0.2) is 77.8 Å². The molecule has 0 N–H and O–H groups in total. The molecule has 4 heterocycles. The fraction of sp³-hybridized carbons (Fsp3) is 0.424. The molecule has 44 heavy (non-hydrogen) atoms. The maximum Gasteiger partial charge on any atom is 0.410 e. The van der Waals surface area contributed by atoms with E-state index in [9.17, 15) is 10.1 Å². The van der Waals surface area contributed by atoms with E-state index in [0.717, 1.165) is 5.69 Å². The van der Waals surface area contributed by atoms with Crippen LogP contribution in [0.15, 0.2) is 47.7 Å². The molecule has 2 saturated heterocycles. The van der Waals surface area contributed by atoms with Crippen molar-refractivity contribution in [1.82, 2.24) is 14.9 Å². The quantitative estimate of drug-likeness (QED) is 0.381. The number of aliphatic imine (C=N–C) groups is 1. The van der Waals surface area contributed by atoms with Gasteiger partial charge in [-0.25, -0.2) is 24.1 Å². The number of aromatic nitrogens is 2. The summed E-state index contributed by atoms with van der Waals surface area (Å²) in [5.74, 6) is 0.192. The van der Waals surface area contributed by atoms with E-state index in [2.05, 4.69) is 16.0 Å². The molecule has 0 spiro atoms. The molecule has 3 aromatic rings. The number of amides is 1. The highest BCUT2D eigenvalue weighted by molar-refractivity contribution is 6.07. The number of fused-ring (bicyclic) bond motifs is 1. The monoisotopic (exact) mass is 598 g/mol. The van der Waals surface area contributed by atoms with Gasteiger partial charge in [-0.1, -0.05) is 6.07 Å². The molecule has 0 atom stereocenters. The average molecular weight is 599 g/mol. The molecule has 0 saturated carbocycles. The van der Waals surface area contributed by atoms with Gasteiger partial charge in [0.05, 0.1) is 41.6 Å². The first-order valence-corrected chi connectivity index (χ1v) is 14.9. The fourth-order valence-corrected chi connectivity index (χ4v) is 5.65. The first kappa shape index (κ1) is 29.5. The summed E-state index contributed by atoms with van der Waals surface area (Å²) in [6.45, 7) is 9.07. The van der Waals surface area contributed by atoms with E-state index >= 15 is 4.39 Å². The molecule has 6 rings (SSSR count). The van der Waals surface area contributed by atoms with Crippen molar-refractivity contribution in [3.05, 3.63) is 65.4 Å². The van der Waals surface area contributed by atoms with Gasteiger partial charge in [0.1, 0.15) is 41.4 Å². The van der Waals surface area contributed by atoms with Crippen molar-refractivity contribution in [3.8, 4) is 23.1 Å². The van der Waals surface area contributed by atoms with Crippen LogP contribution in [0.2, 0.25) is 0 Å². The highest BCUT2D eigenvalue weighted by Crippen LogP contribution is 2.38. The highest BCUT2D eigenvalue weighted by atomic mass is 19.1. The lowest BCUT2D eigenvalue weighted by Crippen LogP contribution is -2.44. The lowest BCUT2D eigenvalue weighted by molar-refractivity contribution is 0.0126. The maximum absolute atomic E-state index is 15.1. The number of ether oxygens (including phenoxy) is 3.